The maximum Gasteiger partial charge on any atom is 0.230 e. The van der Waals surface area contributed by atoms with E-state index in [1.165, 1.54) is 0 Å². The van der Waals surface area contributed by atoms with Crippen LogP contribution in [0.3, 0.4) is 0 Å². The monoisotopic (exact) mass is 577 g/mol. The molecule has 0 spiro atoms. The van der Waals surface area contributed by atoms with Crippen LogP contribution in [-0.4, -0.2) is 74.6 Å². The summed E-state index contributed by atoms with van der Waals surface area (Å²) in [6.07, 6.45) is -1.25. The number of aliphatic hydroxyl groups excluding tert-OH is 2. The van der Waals surface area contributed by atoms with Gasteiger partial charge in [-0.1, -0.05) is 45.0 Å². The molecule has 42 heavy (non-hydrogen) atoms. The Morgan fingerprint density at radius 1 is 1.12 bits per heavy atom. The molecule has 1 saturated carbocycles. The Hall–Kier alpha value is -3.57. The predicted molar refractivity (Wildman–Crippen MR) is 156 cm³/mol. The molecule has 6 atom stereocenters. The summed E-state index contributed by atoms with van der Waals surface area (Å²) < 4.78 is 0. The van der Waals surface area contributed by atoms with Crippen LogP contribution in [0.5, 0.6) is 5.75 Å². The highest BCUT2D eigenvalue weighted by atomic mass is 16.3. The van der Waals surface area contributed by atoms with Crippen molar-refractivity contribution in [2.24, 2.45) is 29.2 Å². The van der Waals surface area contributed by atoms with E-state index in [1.807, 2.05) is 24.3 Å². The van der Waals surface area contributed by atoms with E-state index in [0.29, 0.717) is 16.7 Å². The van der Waals surface area contributed by atoms with Crippen molar-refractivity contribution in [3.05, 3.63) is 63.9 Å². The maximum atomic E-state index is 14.1. The average molecular weight is 578 g/mol. The molecule has 1 fully saturated rings. The molecule has 224 valence electrons. The normalized spacial score (nSPS) is 29.3. The molecule has 0 aliphatic heterocycles. The Balaban J connectivity index is 1.72. The maximum absolute atomic E-state index is 14.1. The fourth-order valence-electron chi connectivity index (χ4n) is 7.29. The molecule has 3 aliphatic rings. The number of carbonyl (C=O) groups is 3. The van der Waals surface area contributed by atoms with Crippen molar-refractivity contribution in [3.63, 3.8) is 0 Å². The number of aromatic hydroxyl groups is 1. The number of likely N-dealkylation sites (N-methyl/N-ethyl adjacent to an activating group) is 1. The van der Waals surface area contributed by atoms with E-state index < -0.39 is 58.7 Å². The second kappa shape index (κ2) is 10.0. The third-order valence-corrected chi connectivity index (χ3v) is 9.45. The number of nitrogens with two attached hydrogens (primary N) is 2. The number of amides is 1. The Kier molecular flexibility index (Phi) is 7.13. The van der Waals surface area contributed by atoms with Crippen molar-refractivity contribution in [1.82, 2.24) is 4.90 Å². The van der Waals surface area contributed by atoms with Gasteiger partial charge >= 0.3 is 0 Å². The number of hydrogen-bond acceptors (Lipinski definition) is 9. The highest BCUT2D eigenvalue weighted by Gasteiger charge is 2.66. The molecular formula is C32H39N3O7. The van der Waals surface area contributed by atoms with Gasteiger partial charge in [-0.3, -0.25) is 14.4 Å². The number of aliphatic hydroxyl groups is 3. The lowest BCUT2D eigenvalue weighted by Crippen LogP contribution is -2.71. The number of primary amides is 1. The first kappa shape index (κ1) is 29.9. The number of fused-ring (bicyclic) bond motifs is 3. The van der Waals surface area contributed by atoms with Crippen molar-refractivity contribution >= 4 is 17.5 Å². The van der Waals surface area contributed by atoms with E-state index in [-0.39, 0.29) is 41.7 Å². The number of ketones is 2. The van der Waals surface area contributed by atoms with Crippen LogP contribution >= 0.6 is 0 Å². The lowest BCUT2D eigenvalue weighted by Gasteiger charge is -2.53. The van der Waals surface area contributed by atoms with E-state index in [4.69, 9.17) is 11.5 Å². The van der Waals surface area contributed by atoms with E-state index in [0.717, 1.165) is 11.1 Å². The first-order valence-electron chi connectivity index (χ1n) is 14.1. The smallest absolute Gasteiger partial charge is 0.230 e. The van der Waals surface area contributed by atoms with Gasteiger partial charge in [0, 0.05) is 29.6 Å². The summed E-state index contributed by atoms with van der Waals surface area (Å²) in [5.74, 6) is -7.65. The van der Waals surface area contributed by atoms with Crippen LogP contribution in [0, 0.1) is 17.8 Å². The minimum absolute atomic E-state index is 0.0356. The van der Waals surface area contributed by atoms with Crippen LogP contribution in [0.15, 0.2) is 41.7 Å². The van der Waals surface area contributed by atoms with E-state index in [9.17, 15) is 34.8 Å². The van der Waals surface area contributed by atoms with E-state index in [1.54, 1.807) is 25.1 Å². The quantitative estimate of drug-likeness (QED) is 0.294. The second-order valence-corrected chi connectivity index (χ2v) is 13.1. The van der Waals surface area contributed by atoms with Crippen molar-refractivity contribution in [2.75, 3.05) is 14.1 Å². The largest absolute Gasteiger partial charge is 0.508 e. The molecular weight excluding hydrogens is 538 g/mol. The van der Waals surface area contributed by atoms with Gasteiger partial charge in [-0.15, -0.1) is 0 Å². The number of phenolic OH excluding ortho intramolecular Hbond substituents is 1. The minimum atomic E-state index is -2.63. The molecule has 3 aliphatic carbocycles. The highest BCUT2D eigenvalue weighted by Crippen LogP contribution is 2.53. The van der Waals surface area contributed by atoms with Gasteiger partial charge in [0.15, 0.2) is 17.2 Å². The van der Waals surface area contributed by atoms with Gasteiger partial charge in [-0.05, 0) is 66.6 Å². The number of phenols is 1. The summed E-state index contributed by atoms with van der Waals surface area (Å²) in [5.41, 5.74) is 12.1. The zero-order valence-electron chi connectivity index (χ0n) is 24.5. The van der Waals surface area contributed by atoms with E-state index in [2.05, 4.69) is 20.8 Å². The van der Waals surface area contributed by atoms with Gasteiger partial charge in [0.2, 0.25) is 5.91 Å². The second-order valence-electron chi connectivity index (χ2n) is 13.1. The van der Waals surface area contributed by atoms with Crippen LogP contribution in [-0.2, 0) is 28.0 Å². The van der Waals surface area contributed by atoms with Crippen LogP contribution in [0.2, 0.25) is 0 Å². The summed E-state index contributed by atoms with van der Waals surface area (Å²) in [6.45, 7) is 6.28. The molecule has 0 saturated heterocycles. The Bertz CT molecular complexity index is 1520. The zero-order valence-corrected chi connectivity index (χ0v) is 24.5. The van der Waals surface area contributed by atoms with Crippen LogP contribution in [0.4, 0.5) is 0 Å². The molecule has 10 heteroatoms. The fourth-order valence-corrected chi connectivity index (χ4v) is 7.29. The number of benzene rings is 2. The molecule has 0 bridgehead atoms. The first-order valence-corrected chi connectivity index (χ1v) is 14.1. The third-order valence-electron chi connectivity index (χ3n) is 9.45. The Morgan fingerprint density at radius 2 is 1.74 bits per heavy atom. The van der Waals surface area contributed by atoms with Gasteiger partial charge in [-0.25, -0.2) is 0 Å². The summed E-state index contributed by atoms with van der Waals surface area (Å²) in [6, 6.07) is 8.80. The predicted octanol–water partition coefficient (Wildman–Crippen LogP) is 1.71. The number of rotatable bonds is 4. The molecule has 2 aromatic carbocycles. The van der Waals surface area contributed by atoms with Gasteiger partial charge < -0.3 is 36.8 Å². The Labute approximate surface area is 244 Å². The fraction of sp³-hybridized carbons (Fsp3) is 0.469. The number of Topliss-reactive ketones (excluding diaryl/α,β-unsaturated/α-hetero) is 2. The molecule has 5 rings (SSSR count). The number of hydrogen-bond donors (Lipinski definition) is 6. The molecule has 8 N–H and O–H groups in total. The van der Waals surface area contributed by atoms with Crippen molar-refractivity contribution in [3.8, 4) is 16.9 Å². The molecule has 10 nitrogen and oxygen atoms in total. The standard InChI is InChI=1S/C32H39N3O7/c1-31(2,3)17-8-6-14(7-9-17)18-11-16(13-33)25(36)22-19(18)10-15-12-20-24(35(4)5)27(38)23(30(34)41)29(40)32(20,42)28(39)21(15)26(22)37/h6-9,11,15,20,23-24,27,36,38-39,42H,10,12-13,33H2,1-5H3,(H2,34,41)/t15-,20-,23?,24?,27?,32-/m0/s1. The molecule has 0 heterocycles. The molecule has 3 unspecified atom stereocenters. The van der Waals surface area contributed by atoms with Crippen molar-refractivity contribution in [2.45, 2.75) is 63.3 Å². The molecule has 1 amide bonds. The molecule has 2 aromatic rings. The van der Waals surface area contributed by atoms with Crippen molar-refractivity contribution in [1.29, 1.82) is 0 Å². The summed E-state index contributed by atoms with van der Waals surface area (Å²) >= 11 is 0. The van der Waals surface area contributed by atoms with Crippen LogP contribution < -0.4 is 11.5 Å². The third kappa shape index (κ3) is 4.19. The van der Waals surface area contributed by atoms with Crippen LogP contribution in [0.1, 0.15) is 54.2 Å². The first-order chi connectivity index (χ1) is 19.5. The summed E-state index contributed by atoms with van der Waals surface area (Å²) in [7, 11) is 3.26. The van der Waals surface area contributed by atoms with Crippen molar-refractivity contribution < 1.29 is 34.8 Å². The lowest BCUT2D eigenvalue weighted by atomic mass is 9.55. The number of allylic oxidation sites excluding steroid dienone is 1. The molecule has 0 aromatic heterocycles. The Morgan fingerprint density at radius 3 is 2.26 bits per heavy atom. The van der Waals surface area contributed by atoms with Gasteiger partial charge in [0.25, 0.3) is 0 Å². The highest BCUT2D eigenvalue weighted by molar-refractivity contribution is 6.16. The van der Waals surface area contributed by atoms with E-state index >= 15 is 0 Å². The van der Waals surface area contributed by atoms with Gasteiger partial charge in [0.1, 0.15) is 17.4 Å². The van der Waals surface area contributed by atoms with Gasteiger partial charge in [-0.2, -0.15) is 0 Å². The van der Waals surface area contributed by atoms with Crippen LogP contribution in [0.25, 0.3) is 11.1 Å². The SMILES string of the molecule is CN(C)C1C(O)C(C(N)=O)C(=O)[C@@]2(O)C(O)=C3C(=O)c4c(O)c(CN)cc(-c5ccc(C(C)(C)C)cc5)c4C[C@H]3C[C@@H]12. The lowest BCUT2D eigenvalue weighted by molar-refractivity contribution is -0.178. The molecule has 0 radical (unpaired) electrons. The average Bonchev–Trinajstić information content (AvgIpc) is 2.90. The zero-order chi connectivity index (χ0) is 31.0. The number of carbonyl (C=O) groups excluding carboxylic acids is 3. The summed E-state index contributed by atoms with van der Waals surface area (Å²) in [5, 5.41) is 45.6. The summed E-state index contributed by atoms with van der Waals surface area (Å²) in [4.78, 5) is 41.5. The van der Waals surface area contributed by atoms with Gasteiger partial charge in [0.05, 0.1) is 11.7 Å². The topological polar surface area (TPSA) is 187 Å². The number of nitrogens with zero attached hydrogens (tertiary/aromatic N) is 1. The minimum Gasteiger partial charge on any atom is -0.508 e.